The van der Waals surface area contributed by atoms with Crippen molar-refractivity contribution in [3.8, 4) is 0 Å². The van der Waals surface area contributed by atoms with Gasteiger partial charge in [0, 0.05) is 63.2 Å². The molecule has 0 aliphatic carbocycles. The van der Waals surface area contributed by atoms with Gasteiger partial charge in [-0.3, -0.25) is 14.5 Å². The average molecular weight is 537 g/mol. The number of aromatic nitrogens is 1. The van der Waals surface area contributed by atoms with Crippen LogP contribution in [0.1, 0.15) is 66.9 Å². The second-order valence-electron chi connectivity index (χ2n) is 9.84. The minimum absolute atomic E-state index is 0.0726. The maximum atomic E-state index is 13.7. The topological polar surface area (TPSA) is 69.9 Å². The molecule has 0 atom stereocenters. The molecule has 1 aliphatic rings. The smallest absolute Gasteiger partial charge is 0.276 e. The summed E-state index contributed by atoms with van der Waals surface area (Å²) >= 11 is 6.41. The first-order chi connectivity index (χ1) is 18.5. The van der Waals surface area contributed by atoms with Crippen LogP contribution in [-0.4, -0.2) is 52.9 Å². The summed E-state index contributed by atoms with van der Waals surface area (Å²) in [6, 6.07) is 17.7. The van der Waals surface area contributed by atoms with E-state index in [-0.39, 0.29) is 11.8 Å². The molecule has 0 bridgehead atoms. The summed E-state index contributed by atoms with van der Waals surface area (Å²) in [5.74, 6) is 0.605. The second kappa shape index (κ2) is 13.6. The number of hydrogen-bond donors (Lipinski definition) is 0. The van der Waals surface area contributed by atoms with E-state index in [2.05, 4.69) is 29.1 Å². The summed E-state index contributed by atoms with van der Waals surface area (Å²) < 4.78 is 5.42. The van der Waals surface area contributed by atoms with Crippen molar-refractivity contribution in [1.29, 1.82) is 0 Å². The number of aryl methyl sites for hydroxylation is 1. The number of amides is 2. The van der Waals surface area contributed by atoms with Gasteiger partial charge in [0.15, 0.2) is 5.69 Å². The Morgan fingerprint density at radius 1 is 0.974 bits per heavy atom. The number of benzene rings is 2. The Hall–Kier alpha value is -3.16. The Labute approximate surface area is 230 Å². The van der Waals surface area contributed by atoms with E-state index < -0.39 is 0 Å². The van der Waals surface area contributed by atoms with Gasteiger partial charge in [0.05, 0.1) is 5.69 Å². The molecular formula is C30H37ClN4O3. The van der Waals surface area contributed by atoms with Crippen LogP contribution < -0.4 is 4.90 Å². The lowest BCUT2D eigenvalue weighted by molar-refractivity contribution is -0.118. The van der Waals surface area contributed by atoms with E-state index >= 15 is 0 Å². The minimum Gasteiger partial charge on any atom is -0.361 e. The van der Waals surface area contributed by atoms with Gasteiger partial charge >= 0.3 is 0 Å². The van der Waals surface area contributed by atoms with E-state index in [1.807, 2.05) is 53.1 Å². The summed E-state index contributed by atoms with van der Waals surface area (Å²) in [4.78, 5) is 33.0. The third kappa shape index (κ3) is 7.23. The van der Waals surface area contributed by atoms with Crippen molar-refractivity contribution >= 4 is 29.1 Å². The zero-order valence-corrected chi connectivity index (χ0v) is 23.1. The van der Waals surface area contributed by atoms with E-state index in [4.69, 9.17) is 16.1 Å². The van der Waals surface area contributed by atoms with Crippen LogP contribution in [0.3, 0.4) is 0 Å². The lowest BCUT2D eigenvalue weighted by Crippen LogP contribution is -2.38. The highest BCUT2D eigenvalue weighted by Gasteiger charge is 2.26. The quantitative estimate of drug-likeness (QED) is 0.372. The number of carbonyl (C=O) groups is 2. The molecule has 1 aromatic heterocycles. The van der Waals surface area contributed by atoms with Crippen molar-refractivity contribution in [1.82, 2.24) is 15.0 Å². The Morgan fingerprint density at radius 2 is 1.79 bits per heavy atom. The number of halogens is 1. The van der Waals surface area contributed by atoms with E-state index in [1.54, 1.807) is 6.07 Å². The molecule has 202 valence electrons. The zero-order valence-electron chi connectivity index (χ0n) is 22.4. The molecule has 0 fully saturated rings. The first-order valence-corrected chi connectivity index (χ1v) is 14.0. The Kier molecular flexibility index (Phi) is 9.96. The monoisotopic (exact) mass is 536 g/mol. The highest BCUT2D eigenvalue weighted by molar-refractivity contribution is 6.31. The molecule has 38 heavy (non-hydrogen) atoms. The lowest BCUT2D eigenvalue weighted by atomic mass is 10.1. The molecule has 4 rings (SSSR count). The molecule has 1 aliphatic heterocycles. The van der Waals surface area contributed by atoms with Crippen LogP contribution in [0.2, 0.25) is 5.02 Å². The maximum absolute atomic E-state index is 13.7. The fourth-order valence-corrected chi connectivity index (χ4v) is 5.04. The van der Waals surface area contributed by atoms with Gasteiger partial charge in [-0.05, 0) is 42.5 Å². The zero-order chi connectivity index (χ0) is 26.9. The molecule has 0 N–H and O–H groups in total. The fourth-order valence-electron chi connectivity index (χ4n) is 4.87. The van der Waals surface area contributed by atoms with Gasteiger partial charge in [-0.1, -0.05) is 67.0 Å². The maximum Gasteiger partial charge on any atom is 0.276 e. The molecule has 0 spiro atoms. The second-order valence-corrected chi connectivity index (χ2v) is 10.3. The first-order valence-electron chi connectivity index (χ1n) is 13.6. The van der Waals surface area contributed by atoms with Crippen molar-refractivity contribution in [3.63, 3.8) is 0 Å². The summed E-state index contributed by atoms with van der Waals surface area (Å²) in [5, 5.41) is 4.65. The van der Waals surface area contributed by atoms with Crippen LogP contribution in [0.15, 0.2) is 59.1 Å². The molecule has 2 amide bonds. The molecule has 7 nitrogen and oxygen atoms in total. The van der Waals surface area contributed by atoms with Crippen LogP contribution in [0.25, 0.3) is 0 Å². The van der Waals surface area contributed by atoms with Gasteiger partial charge in [0.25, 0.3) is 5.91 Å². The number of carbonyl (C=O) groups excluding carboxylic acids is 2. The van der Waals surface area contributed by atoms with Crippen LogP contribution in [0.4, 0.5) is 5.69 Å². The number of fused-ring (bicyclic) bond motifs is 1. The molecule has 0 saturated carbocycles. The van der Waals surface area contributed by atoms with Crippen LogP contribution in [0.5, 0.6) is 0 Å². The highest BCUT2D eigenvalue weighted by Crippen LogP contribution is 2.29. The van der Waals surface area contributed by atoms with Crippen LogP contribution >= 0.6 is 11.6 Å². The summed E-state index contributed by atoms with van der Waals surface area (Å²) in [6.07, 6.45) is 3.69. The van der Waals surface area contributed by atoms with Gasteiger partial charge < -0.3 is 14.3 Å². The predicted octanol–water partition coefficient (Wildman–Crippen LogP) is 5.96. The number of rotatable bonds is 7. The van der Waals surface area contributed by atoms with Crippen molar-refractivity contribution in [2.75, 3.05) is 31.1 Å². The normalized spacial score (nSPS) is 15.1. The molecule has 3 aromatic rings. The standard InChI is InChI=1S/C30H37ClN4O3/c1-3-9-26-20-27(32-38-26)30(37)34-18-17-33(21-23-11-6-5-7-12-23)15-8-16-35(29(36)10-4-2)28-19-25(31)14-13-24(28)22-34/h5-7,11-14,19-20H,3-4,8-10,15-18,21-22H2,1-2H3. The summed E-state index contributed by atoms with van der Waals surface area (Å²) in [6.45, 7) is 7.80. The Morgan fingerprint density at radius 3 is 2.55 bits per heavy atom. The van der Waals surface area contributed by atoms with Crippen LogP contribution in [-0.2, 0) is 24.3 Å². The molecule has 0 unspecified atom stereocenters. The molecule has 2 aromatic carbocycles. The molecule has 8 heteroatoms. The van der Waals surface area contributed by atoms with Crippen LogP contribution in [0, 0.1) is 0 Å². The van der Waals surface area contributed by atoms with Gasteiger partial charge in [-0.15, -0.1) is 0 Å². The summed E-state index contributed by atoms with van der Waals surface area (Å²) in [5.41, 5.74) is 3.19. The van der Waals surface area contributed by atoms with Gasteiger partial charge in [-0.2, -0.15) is 0 Å². The Bertz CT molecular complexity index is 1210. The predicted molar refractivity (Wildman–Crippen MR) is 150 cm³/mol. The number of anilines is 1. The molecule has 0 radical (unpaired) electrons. The first kappa shape index (κ1) is 27.9. The van der Waals surface area contributed by atoms with Gasteiger partial charge in [0.1, 0.15) is 5.76 Å². The van der Waals surface area contributed by atoms with E-state index in [0.29, 0.717) is 49.1 Å². The van der Waals surface area contributed by atoms with Gasteiger partial charge in [-0.25, -0.2) is 0 Å². The van der Waals surface area contributed by atoms with E-state index in [1.165, 1.54) is 5.56 Å². The van der Waals surface area contributed by atoms with E-state index in [9.17, 15) is 9.59 Å². The lowest BCUT2D eigenvalue weighted by Gasteiger charge is -2.28. The van der Waals surface area contributed by atoms with Crippen molar-refractivity contribution in [2.24, 2.45) is 0 Å². The average Bonchev–Trinajstić information content (AvgIpc) is 3.37. The third-order valence-corrected chi connectivity index (χ3v) is 7.05. The van der Waals surface area contributed by atoms with Crippen molar-refractivity contribution in [3.05, 3.63) is 82.2 Å². The molecule has 0 saturated heterocycles. The summed E-state index contributed by atoms with van der Waals surface area (Å²) in [7, 11) is 0. The van der Waals surface area contributed by atoms with E-state index in [0.717, 1.165) is 50.0 Å². The molecule has 2 heterocycles. The minimum atomic E-state index is -0.178. The van der Waals surface area contributed by atoms with Gasteiger partial charge in [0.2, 0.25) is 5.91 Å². The molecular weight excluding hydrogens is 500 g/mol. The fraction of sp³-hybridized carbons (Fsp3) is 0.433. The highest BCUT2D eigenvalue weighted by atomic mass is 35.5. The largest absolute Gasteiger partial charge is 0.361 e. The van der Waals surface area contributed by atoms with Crippen molar-refractivity contribution < 1.29 is 14.1 Å². The SMILES string of the molecule is CCCC(=O)N1CCCN(Cc2ccccc2)CCN(C(=O)c2cc(CCC)on2)Cc2ccc(Cl)cc21. The third-order valence-electron chi connectivity index (χ3n) is 6.82. The number of hydrogen-bond acceptors (Lipinski definition) is 5. The number of nitrogens with zero attached hydrogens (tertiary/aromatic N) is 4. The Balaban J connectivity index is 1.68. The van der Waals surface area contributed by atoms with Crippen molar-refractivity contribution in [2.45, 2.75) is 59.0 Å².